The summed E-state index contributed by atoms with van der Waals surface area (Å²) < 4.78 is 5.89. The highest BCUT2D eigenvalue weighted by Crippen LogP contribution is 2.32. The number of rotatable bonds is 3. The molecule has 0 aromatic heterocycles. The summed E-state index contributed by atoms with van der Waals surface area (Å²) in [5, 5.41) is 2.07. The van der Waals surface area contributed by atoms with Gasteiger partial charge in [-0.1, -0.05) is 45.2 Å². The van der Waals surface area contributed by atoms with Crippen molar-refractivity contribution in [2.24, 2.45) is 0 Å². The van der Waals surface area contributed by atoms with Crippen molar-refractivity contribution in [3.8, 4) is 11.5 Å². The second-order valence-electron chi connectivity index (χ2n) is 3.90. The molecule has 0 saturated heterocycles. The molecular formula is C14H11BrCl2O. The van der Waals surface area contributed by atoms with Gasteiger partial charge in [0.15, 0.2) is 0 Å². The number of ether oxygens (including phenoxy) is 1. The van der Waals surface area contributed by atoms with Crippen LogP contribution in [-0.2, 0) is 5.33 Å². The van der Waals surface area contributed by atoms with Crippen LogP contribution in [-0.4, -0.2) is 0 Å². The molecule has 2 aromatic rings. The zero-order valence-corrected chi connectivity index (χ0v) is 12.8. The zero-order valence-electron chi connectivity index (χ0n) is 9.71. The highest BCUT2D eigenvalue weighted by atomic mass is 79.9. The van der Waals surface area contributed by atoms with Gasteiger partial charge in [-0.25, -0.2) is 0 Å². The minimum absolute atomic E-state index is 0.654. The minimum atomic E-state index is 0.654. The molecule has 2 aromatic carbocycles. The van der Waals surface area contributed by atoms with Crippen LogP contribution in [0.4, 0.5) is 0 Å². The zero-order chi connectivity index (χ0) is 13.1. The Labute approximate surface area is 125 Å². The lowest BCUT2D eigenvalue weighted by Crippen LogP contribution is -1.91. The standard InChI is InChI=1S/C14H11BrCl2O/c1-9-6-11(16)4-5-13(9)18-14-7-12(17)3-2-10(14)8-15/h2-7H,8H2,1H3. The maximum atomic E-state index is 5.99. The van der Waals surface area contributed by atoms with Crippen molar-refractivity contribution in [1.29, 1.82) is 0 Å². The van der Waals surface area contributed by atoms with E-state index < -0.39 is 0 Å². The molecule has 0 aliphatic carbocycles. The number of benzene rings is 2. The first-order valence-electron chi connectivity index (χ1n) is 5.38. The number of hydrogen-bond donors (Lipinski definition) is 0. The van der Waals surface area contributed by atoms with Gasteiger partial charge >= 0.3 is 0 Å². The molecule has 0 unspecified atom stereocenters. The maximum Gasteiger partial charge on any atom is 0.132 e. The van der Waals surface area contributed by atoms with Gasteiger partial charge in [0.2, 0.25) is 0 Å². The lowest BCUT2D eigenvalue weighted by atomic mass is 10.2. The molecule has 0 bridgehead atoms. The number of halogens is 3. The SMILES string of the molecule is Cc1cc(Cl)ccc1Oc1cc(Cl)ccc1CBr. The summed E-state index contributed by atoms with van der Waals surface area (Å²) in [6, 6.07) is 11.1. The first-order valence-corrected chi connectivity index (χ1v) is 7.26. The van der Waals surface area contributed by atoms with Crippen LogP contribution in [0.15, 0.2) is 36.4 Å². The highest BCUT2D eigenvalue weighted by Gasteiger charge is 2.07. The van der Waals surface area contributed by atoms with Gasteiger partial charge in [0.05, 0.1) is 0 Å². The van der Waals surface area contributed by atoms with Crippen molar-refractivity contribution in [3.63, 3.8) is 0 Å². The molecule has 0 fully saturated rings. The molecule has 0 radical (unpaired) electrons. The molecule has 0 aliphatic heterocycles. The molecule has 94 valence electrons. The summed E-state index contributed by atoms with van der Waals surface area (Å²) >= 11 is 15.3. The van der Waals surface area contributed by atoms with Crippen LogP contribution >= 0.6 is 39.1 Å². The minimum Gasteiger partial charge on any atom is -0.457 e. The smallest absolute Gasteiger partial charge is 0.132 e. The predicted molar refractivity (Wildman–Crippen MR) is 80.3 cm³/mol. The van der Waals surface area contributed by atoms with Crippen molar-refractivity contribution in [2.45, 2.75) is 12.3 Å². The van der Waals surface area contributed by atoms with Gasteiger partial charge in [0.1, 0.15) is 11.5 Å². The molecular weight excluding hydrogens is 335 g/mol. The third-order valence-electron chi connectivity index (χ3n) is 2.53. The van der Waals surface area contributed by atoms with E-state index in [2.05, 4.69) is 15.9 Å². The van der Waals surface area contributed by atoms with E-state index in [1.165, 1.54) is 0 Å². The average Bonchev–Trinajstić information content (AvgIpc) is 2.33. The summed E-state index contributed by atoms with van der Waals surface area (Å²) in [5.41, 5.74) is 2.04. The summed E-state index contributed by atoms with van der Waals surface area (Å²) in [5.74, 6) is 1.54. The van der Waals surface area contributed by atoms with Crippen LogP contribution in [0.5, 0.6) is 11.5 Å². The van der Waals surface area contributed by atoms with E-state index in [1.54, 1.807) is 0 Å². The fourth-order valence-electron chi connectivity index (χ4n) is 1.58. The molecule has 0 N–H and O–H groups in total. The van der Waals surface area contributed by atoms with Crippen LogP contribution < -0.4 is 4.74 Å². The van der Waals surface area contributed by atoms with Crippen molar-refractivity contribution in [3.05, 3.63) is 57.6 Å². The lowest BCUT2D eigenvalue weighted by molar-refractivity contribution is 0.475. The van der Waals surface area contributed by atoms with E-state index in [4.69, 9.17) is 27.9 Å². The Morgan fingerprint density at radius 3 is 2.33 bits per heavy atom. The van der Waals surface area contributed by atoms with Crippen LogP contribution in [0.2, 0.25) is 10.0 Å². The van der Waals surface area contributed by atoms with Gasteiger partial charge in [0, 0.05) is 20.9 Å². The van der Waals surface area contributed by atoms with Crippen molar-refractivity contribution < 1.29 is 4.74 Å². The fourth-order valence-corrected chi connectivity index (χ4v) is 2.43. The molecule has 4 heteroatoms. The topological polar surface area (TPSA) is 9.23 Å². The first-order chi connectivity index (χ1) is 8.60. The van der Waals surface area contributed by atoms with Crippen LogP contribution in [0.1, 0.15) is 11.1 Å². The maximum absolute atomic E-state index is 5.99. The summed E-state index contributed by atoms with van der Waals surface area (Å²) in [4.78, 5) is 0. The molecule has 0 saturated carbocycles. The third-order valence-corrected chi connectivity index (χ3v) is 3.60. The normalized spacial score (nSPS) is 10.4. The van der Waals surface area contributed by atoms with Crippen LogP contribution in [0.3, 0.4) is 0 Å². The van der Waals surface area contributed by atoms with Crippen molar-refractivity contribution in [1.82, 2.24) is 0 Å². The number of hydrogen-bond acceptors (Lipinski definition) is 1. The van der Waals surface area contributed by atoms with Gasteiger partial charge < -0.3 is 4.74 Å². The van der Waals surface area contributed by atoms with E-state index in [-0.39, 0.29) is 0 Å². The van der Waals surface area contributed by atoms with Gasteiger partial charge in [-0.05, 0) is 42.8 Å². The Kier molecular flexibility index (Phi) is 4.55. The highest BCUT2D eigenvalue weighted by molar-refractivity contribution is 9.08. The first kappa shape index (κ1) is 13.7. The Hall–Kier alpha value is -0.700. The van der Waals surface area contributed by atoms with E-state index in [1.807, 2.05) is 43.3 Å². The van der Waals surface area contributed by atoms with Gasteiger partial charge in [-0.3, -0.25) is 0 Å². The molecule has 18 heavy (non-hydrogen) atoms. The van der Waals surface area contributed by atoms with E-state index >= 15 is 0 Å². The Bertz CT molecular complexity index is 570. The molecule has 0 heterocycles. The molecule has 0 aliphatic rings. The molecule has 0 amide bonds. The molecule has 0 atom stereocenters. The van der Waals surface area contributed by atoms with E-state index in [0.717, 1.165) is 22.6 Å². The van der Waals surface area contributed by atoms with E-state index in [0.29, 0.717) is 15.4 Å². The molecule has 1 nitrogen and oxygen atoms in total. The summed E-state index contributed by atoms with van der Waals surface area (Å²) in [7, 11) is 0. The number of alkyl halides is 1. The largest absolute Gasteiger partial charge is 0.457 e. The summed E-state index contributed by atoms with van der Waals surface area (Å²) in [6.07, 6.45) is 0. The van der Waals surface area contributed by atoms with Gasteiger partial charge in [-0.15, -0.1) is 0 Å². The summed E-state index contributed by atoms with van der Waals surface area (Å²) in [6.45, 7) is 1.96. The van der Waals surface area contributed by atoms with Crippen LogP contribution in [0, 0.1) is 6.92 Å². The van der Waals surface area contributed by atoms with Crippen molar-refractivity contribution >= 4 is 39.1 Å². The van der Waals surface area contributed by atoms with Gasteiger partial charge in [-0.2, -0.15) is 0 Å². The van der Waals surface area contributed by atoms with Gasteiger partial charge in [0.25, 0.3) is 0 Å². The second-order valence-corrected chi connectivity index (χ2v) is 5.33. The van der Waals surface area contributed by atoms with Crippen molar-refractivity contribution in [2.75, 3.05) is 0 Å². The Morgan fingerprint density at radius 1 is 1.00 bits per heavy atom. The lowest BCUT2D eigenvalue weighted by Gasteiger charge is -2.12. The quantitative estimate of drug-likeness (QED) is 0.621. The molecule has 0 spiro atoms. The Morgan fingerprint density at radius 2 is 1.67 bits per heavy atom. The monoisotopic (exact) mass is 344 g/mol. The third kappa shape index (κ3) is 3.19. The predicted octanol–water partition coefficient (Wildman–Crippen LogP) is 5.99. The molecule has 2 rings (SSSR count). The van der Waals surface area contributed by atoms with E-state index in [9.17, 15) is 0 Å². The average molecular weight is 346 g/mol. The Balaban J connectivity index is 2.36. The number of aryl methyl sites for hydroxylation is 1. The van der Waals surface area contributed by atoms with Crippen LogP contribution in [0.25, 0.3) is 0 Å². The fraction of sp³-hybridized carbons (Fsp3) is 0.143. The second kappa shape index (κ2) is 5.96.